The minimum Gasteiger partial charge on any atom is -0.507 e. The molecule has 0 radical (unpaired) electrons. The highest BCUT2D eigenvalue weighted by atomic mass is 35.5. The van der Waals surface area contributed by atoms with E-state index in [0.29, 0.717) is 11.6 Å². The molecule has 0 aliphatic heterocycles. The molecule has 0 aliphatic carbocycles. The molecule has 0 saturated carbocycles. The average molecular weight is 265 g/mol. The summed E-state index contributed by atoms with van der Waals surface area (Å²) in [5.74, 6) is -0.431. The molecule has 5 heteroatoms. The fourth-order valence-corrected chi connectivity index (χ4v) is 1.81. The number of carbonyl (C=O) groups is 1. The number of hydrogen-bond donors (Lipinski definition) is 2. The van der Waals surface area contributed by atoms with Crippen molar-refractivity contribution >= 4 is 17.5 Å². The number of aryl methyl sites for hydroxylation is 1. The van der Waals surface area contributed by atoms with Crippen LogP contribution >= 0.6 is 11.6 Å². The topological polar surface area (TPSA) is 54.3 Å². The van der Waals surface area contributed by atoms with E-state index in [1.807, 2.05) is 29.9 Å². The molecule has 0 spiro atoms. The first kappa shape index (κ1) is 12.5. The van der Waals surface area contributed by atoms with Crippen molar-refractivity contribution in [2.24, 2.45) is 7.05 Å². The number of benzene rings is 1. The molecule has 1 heterocycles. The monoisotopic (exact) mass is 264 g/mol. The summed E-state index contributed by atoms with van der Waals surface area (Å²) in [5.41, 5.74) is 1.15. The van der Waals surface area contributed by atoms with Gasteiger partial charge in [0, 0.05) is 24.0 Å². The molecule has 2 N–H and O–H groups in total. The van der Waals surface area contributed by atoms with E-state index < -0.39 is 0 Å². The molecule has 4 nitrogen and oxygen atoms in total. The third-order valence-corrected chi connectivity index (χ3v) is 2.92. The number of aromatic nitrogens is 1. The van der Waals surface area contributed by atoms with Gasteiger partial charge in [-0.1, -0.05) is 11.6 Å². The highest BCUT2D eigenvalue weighted by Crippen LogP contribution is 2.21. The average Bonchev–Trinajstić information content (AvgIpc) is 2.75. The summed E-state index contributed by atoms with van der Waals surface area (Å²) in [7, 11) is 1.90. The summed E-state index contributed by atoms with van der Waals surface area (Å²) in [5, 5.41) is 12.7. The van der Waals surface area contributed by atoms with Crippen LogP contribution in [0.4, 0.5) is 0 Å². The summed E-state index contributed by atoms with van der Waals surface area (Å²) in [4.78, 5) is 11.9. The molecule has 0 saturated heterocycles. The Morgan fingerprint density at radius 1 is 1.44 bits per heavy atom. The van der Waals surface area contributed by atoms with Crippen molar-refractivity contribution < 1.29 is 9.90 Å². The molecule has 2 aromatic rings. The second-order valence-corrected chi connectivity index (χ2v) is 4.39. The Bertz CT molecular complexity index is 578. The predicted molar refractivity (Wildman–Crippen MR) is 69.7 cm³/mol. The number of phenols is 1. The number of hydrogen-bond acceptors (Lipinski definition) is 2. The van der Waals surface area contributed by atoms with Gasteiger partial charge in [0.05, 0.1) is 12.1 Å². The summed E-state index contributed by atoms with van der Waals surface area (Å²) >= 11 is 5.79. The molecule has 0 unspecified atom stereocenters. The SMILES string of the molecule is Cn1cccc1CNC(=O)c1cc(Cl)ccc1O. The van der Waals surface area contributed by atoms with Crippen LogP contribution in [-0.4, -0.2) is 15.6 Å². The van der Waals surface area contributed by atoms with Crippen molar-refractivity contribution in [1.82, 2.24) is 9.88 Å². The molecule has 1 aromatic heterocycles. The first-order chi connectivity index (χ1) is 8.58. The van der Waals surface area contributed by atoms with Gasteiger partial charge in [-0.05, 0) is 30.3 Å². The number of nitrogens with one attached hydrogen (secondary N) is 1. The molecule has 1 amide bonds. The zero-order chi connectivity index (χ0) is 13.1. The van der Waals surface area contributed by atoms with Gasteiger partial charge in [0.1, 0.15) is 5.75 Å². The number of halogens is 1. The first-order valence-electron chi connectivity index (χ1n) is 5.45. The lowest BCUT2D eigenvalue weighted by molar-refractivity contribution is 0.0947. The number of nitrogens with zero attached hydrogens (tertiary/aromatic N) is 1. The molecule has 0 aliphatic rings. The summed E-state index contributed by atoms with van der Waals surface area (Å²) < 4.78 is 1.91. The molecule has 18 heavy (non-hydrogen) atoms. The van der Waals surface area contributed by atoms with E-state index in [-0.39, 0.29) is 17.2 Å². The standard InChI is InChI=1S/C13H13ClN2O2/c1-16-6-2-3-10(16)8-15-13(18)11-7-9(14)4-5-12(11)17/h2-7,17H,8H2,1H3,(H,15,18). The van der Waals surface area contributed by atoms with Crippen molar-refractivity contribution in [2.45, 2.75) is 6.54 Å². The van der Waals surface area contributed by atoms with Crippen molar-refractivity contribution in [3.8, 4) is 5.75 Å². The Morgan fingerprint density at radius 2 is 2.22 bits per heavy atom. The van der Waals surface area contributed by atoms with Crippen LogP contribution in [-0.2, 0) is 13.6 Å². The molecular formula is C13H13ClN2O2. The Kier molecular flexibility index (Phi) is 3.58. The van der Waals surface area contributed by atoms with E-state index in [0.717, 1.165) is 5.69 Å². The smallest absolute Gasteiger partial charge is 0.255 e. The first-order valence-corrected chi connectivity index (χ1v) is 5.82. The van der Waals surface area contributed by atoms with Crippen LogP contribution < -0.4 is 5.32 Å². The molecule has 0 bridgehead atoms. The fraction of sp³-hybridized carbons (Fsp3) is 0.154. The number of carbonyl (C=O) groups excluding carboxylic acids is 1. The Labute approximate surface area is 110 Å². The van der Waals surface area contributed by atoms with E-state index in [1.165, 1.54) is 18.2 Å². The third kappa shape index (κ3) is 2.65. The third-order valence-electron chi connectivity index (χ3n) is 2.68. The Hall–Kier alpha value is -1.94. The minimum atomic E-state index is -0.351. The number of rotatable bonds is 3. The van der Waals surface area contributed by atoms with Crippen LogP contribution in [0.25, 0.3) is 0 Å². The Morgan fingerprint density at radius 3 is 2.89 bits per heavy atom. The number of phenolic OH excluding ortho intramolecular Hbond substituents is 1. The largest absolute Gasteiger partial charge is 0.507 e. The number of aromatic hydroxyl groups is 1. The fourth-order valence-electron chi connectivity index (χ4n) is 1.64. The van der Waals surface area contributed by atoms with Crippen LogP contribution in [0, 0.1) is 0 Å². The maximum absolute atomic E-state index is 11.9. The van der Waals surface area contributed by atoms with Crippen molar-refractivity contribution in [3.05, 3.63) is 52.8 Å². The van der Waals surface area contributed by atoms with Crippen molar-refractivity contribution in [3.63, 3.8) is 0 Å². The van der Waals surface area contributed by atoms with Crippen LogP contribution in [0.15, 0.2) is 36.5 Å². The molecule has 0 fully saturated rings. The quantitative estimate of drug-likeness (QED) is 0.894. The second-order valence-electron chi connectivity index (χ2n) is 3.95. The van der Waals surface area contributed by atoms with Gasteiger partial charge in [-0.2, -0.15) is 0 Å². The van der Waals surface area contributed by atoms with Gasteiger partial charge in [-0.15, -0.1) is 0 Å². The Balaban J connectivity index is 2.08. The second kappa shape index (κ2) is 5.14. The van der Waals surface area contributed by atoms with Crippen molar-refractivity contribution in [1.29, 1.82) is 0 Å². The maximum atomic E-state index is 11.9. The molecule has 2 rings (SSSR count). The van der Waals surface area contributed by atoms with Crippen LogP contribution in [0.2, 0.25) is 5.02 Å². The highest BCUT2D eigenvalue weighted by molar-refractivity contribution is 6.31. The van der Waals surface area contributed by atoms with E-state index in [9.17, 15) is 9.90 Å². The summed E-state index contributed by atoms with van der Waals surface area (Å²) in [6.45, 7) is 0.397. The zero-order valence-corrected chi connectivity index (χ0v) is 10.6. The molecule has 0 atom stereocenters. The van der Waals surface area contributed by atoms with Gasteiger partial charge < -0.3 is 15.0 Å². The van der Waals surface area contributed by atoms with Gasteiger partial charge in [-0.25, -0.2) is 0 Å². The predicted octanol–water partition coefficient (Wildman–Crippen LogP) is 2.31. The normalized spacial score (nSPS) is 10.3. The van der Waals surface area contributed by atoms with Gasteiger partial charge in [-0.3, -0.25) is 4.79 Å². The van der Waals surface area contributed by atoms with Crippen LogP contribution in [0.1, 0.15) is 16.1 Å². The summed E-state index contributed by atoms with van der Waals surface area (Å²) in [6, 6.07) is 8.19. The van der Waals surface area contributed by atoms with Crippen LogP contribution in [0.5, 0.6) is 5.75 Å². The lowest BCUT2D eigenvalue weighted by Crippen LogP contribution is -2.23. The lowest BCUT2D eigenvalue weighted by Gasteiger charge is -2.08. The zero-order valence-electron chi connectivity index (χ0n) is 9.85. The molecule has 94 valence electrons. The maximum Gasteiger partial charge on any atom is 0.255 e. The van der Waals surface area contributed by atoms with E-state index >= 15 is 0 Å². The molecule has 1 aromatic carbocycles. The van der Waals surface area contributed by atoms with E-state index in [4.69, 9.17) is 11.6 Å². The molecular weight excluding hydrogens is 252 g/mol. The number of amides is 1. The van der Waals surface area contributed by atoms with E-state index in [2.05, 4.69) is 5.32 Å². The van der Waals surface area contributed by atoms with Crippen molar-refractivity contribution in [2.75, 3.05) is 0 Å². The van der Waals surface area contributed by atoms with Gasteiger partial charge in [0.15, 0.2) is 0 Å². The van der Waals surface area contributed by atoms with Gasteiger partial charge in [0.2, 0.25) is 0 Å². The highest BCUT2D eigenvalue weighted by Gasteiger charge is 2.11. The van der Waals surface area contributed by atoms with Gasteiger partial charge >= 0.3 is 0 Å². The van der Waals surface area contributed by atoms with Gasteiger partial charge in [0.25, 0.3) is 5.91 Å². The van der Waals surface area contributed by atoms with Crippen LogP contribution in [0.3, 0.4) is 0 Å². The summed E-state index contributed by atoms with van der Waals surface area (Å²) in [6.07, 6.45) is 1.90. The lowest BCUT2D eigenvalue weighted by atomic mass is 10.2. The minimum absolute atomic E-state index is 0.0798. The van der Waals surface area contributed by atoms with E-state index in [1.54, 1.807) is 0 Å².